The molecule has 1 heterocycles. The third-order valence-electron chi connectivity index (χ3n) is 2.22. The highest BCUT2D eigenvalue weighted by atomic mass is 16.1. The van der Waals surface area contributed by atoms with Crippen molar-refractivity contribution in [3.05, 3.63) is 5.82 Å². The fourth-order valence-corrected chi connectivity index (χ4v) is 1.45. The molecule has 1 atom stereocenters. The van der Waals surface area contributed by atoms with Crippen molar-refractivity contribution in [1.82, 2.24) is 25.9 Å². The first-order valence-corrected chi connectivity index (χ1v) is 5.33. The third kappa shape index (κ3) is 3.93. The van der Waals surface area contributed by atoms with E-state index >= 15 is 0 Å². The minimum absolute atomic E-state index is 0.0546. The molecule has 0 saturated carbocycles. The number of H-pyrrole nitrogens is 1. The van der Waals surface area contributed by atoms with Crippen LogP contribution in [-0.4, -0.2) is 33.1 Å². The summed E-state index contributed by atoms with van der Waals surface area (Å²) in [5, 5.41) is 15.9. The predicted molar refractivity (Wildman–Crippen MR) is 58.0 cm³/mol. The van der Waals surface area contributed by atoms with Gasteiger partial charge in [0.15, 0.2) is 5.82 Å². The first-order chi connectivity index (χ1) is 7.63. The summed E-state index contributed by atoms with van der Waals surface area (Å²) in [4.78, 5) is 11.7. The quantitative estimate of drug-likeness (QED) is 0.602. The van der Waals surface area contributed by atoms with Gasteiger partial charge in [0.05, 0.1) is 12.5 Å². The van der Waals surface area contributed by atoms with E-state index in [0.717, 1.165) is 6.42 Å². The number of hydrogen-bond donors (Lipinski definition) is 3. The number of amides is 1. The van der Waals surface area contributed by atoms with Crippen LogP contribution >= 0.6 is 0 Å². The molecule has 1 unspecified atom stereocenters. The zero-order valence-electron chi connectivity index (χ0n) is 9.60. The largest absolute Gasteiger partial charge is 0.348 e. The van der Waals surface area contributed by atoms with E-state index in [1.165, 1.54) is 0 Å². The Labute approximate surface area is 94.2 Å². The first kappa shape index (κ1) is 12.6. The van der Waals surface area contributed by atoms with Gasteiger partial charge in [0.2, 0.25) is 5.91 Å². The van der Waals surface area contributed by atoms with Crippen molar-refractivity contribution >= 4 is 5.91 Å². The molecule has 1 rings (SSSR count). The third-order valence-corrected chi connectivity index (χ3v) is 2.22. The summed E-state index contributed by atoms with van der Waals surface area (Å²) in [6.07, 6.45) is 0.786. The van der Waals surface area contributed by atoms with Gasteiger partial charge >= 0.3 is 0 Å². The Hall–Kier alpha value is -1.50. The van der Waals surface area contributed by atoms with Crippen LogP contribution in [0.25, 0.3) is 0 Å². The molecule has 4 N–H and O–H groups in total. The molecule has 16 heavy (non-hydrogen) atoms. The molecule has 90 valence electrons. The number of aromatic amines is 1. The minimum Gasteiger partial charge on any atom is -0.348 e. The van der Waals surface area contributed by atoms with Crippen LogP contribution < -0.4 is 11.1 Å². The molecule has 0 spiro atoms. The summed E-state index contributed by atoms with van der Waals surface area (Å²) in [5.41, 5.74) is 5.56. The maximum absolute atomic E-state index is 11.7. The van der Waals surface area contributed by atoms with Gasteiger partial charge in [-0.1, -0.05) is 19.1 Å². The highest BCUT2D eigenvalue weighted by Crippen LogP contribution is 2.10. The van der Waals surface area contributed by atoms with E-state index in [-0.39, 0.29) is 18.4 Å². The van der Waals surface area contributed by atoms with E-state index in [1.54, 1.807) is 0 Å². The van der Waals surface area contributed by atoms with Gasteiger partial charge in [-0.05, 0) is 12.3 Å². The van der Waals surface area contributed by atoms with E-state index in [1.807, 2.05) is 0 Å². The second kappa shape index (κ2) is 6.16. The number of nitrogens with zero attached hydrogens (tertiary/aromatic N) is 3. The Morgan fingerprint density at radius 2 is 2.31 bits per heavy atom. The predicted octanol–water partition coefficient (Wildman–Crippen LogP) is -0.563. The Morgan fingerprint density at radius 3 is 2.81 bits per heavy atom. The molecule has 7 heteroatoms. The van der Waals surface area contributed by atoms with Gasteiger partial charge in [-0.25, -0.2) is 0 Å². The second-order valence-corrected chi connectivity index (χ2v) is 4.11. The topological polar surface area (TPSA) is 110 Å². The van der Waals surface area contributed by atoms with Crippen LogP contribution in [0.1, 0.15) is 26.1 Å². The fraction of sp³-hybridized carbons (Fsp3) is 0.778. The van der Waals surface area contributed by atoms with Gasteiger partial charge in [0.1, 0.15) is 0 Å². The van der Waals surface area contributed by atoms with Gasteiger partial charge in [-0.3, -0.25) is 4.79 Å². The molecule has 1 aromatic rings. The molecule has 1 aromatic heterocycles. The van der Waals surface area contributed by atoms with Crippen LogP contribution in [0, 0.1) is 11.8 Å². The zero-order chi connectivity index (χ0) is 12.0. The minimum atomic E-state index is -0.146. The van der Waals surface area contributed by atoms with Crippen molar-refractivity contribution in [2.45, 2.75) is 26.8 Å². The van der Waals surface area contributed by atoms with Crippen molar-refractivity contribution < 1.29 is 4.79 Å². The van der Waals surface area contributed by atoms with Crippen molar-refractivity contribution in [2.75, 3.05) is 6.54 Å². The lowest BCUT2D eigenvalue weighted by Crippen LogP contribution is -2.35. The fourth-order valence-electron chi connectivity index (χ4n) is 1.45. The molecule has 0 radical (unpaired) electrons. The molecule has 0 saturated heterocycles. The number of aromatic nitrogens is 4. The van der Waals surface area contributed by atoms with Gasteiger partial charge in [-0.2, -0.15) is 5.21 Å². The summed E-state index contributed by atoms with van der Waals surface area (Å²) < 4.78 is 0. The van der Waals surface area contributed by atoms with E-state index in [4.69, 9.17) is 5.73 Å². The highest BCUT2D eigenvalue weighted by Gasteiger charge is 2.18. The van der Waals surface area contributed by atoms with Crippen LogP contribution in [0.5, 0.6) is 0 Å². The average molecular weight is 226 g/mol. The van der Waals surface area contributed by atoms with Crippen LogP contribution in [0.3, 0.4) is 0 Å². The number of hydrogen-bond acceptors (Lipinski definition) is 5. The molecule has 0 aliphatic carbocycles. The van der Waals surface area contributed by atoms with Gasteiger partial charge in [0, 0.05) is 6.54 Å². The van der Waals surface area contributed by atoms with Crippen molar-refractivity contribution in [2.24, 2.45) is 17.6 Å². The number of rotatable bonds is 6. The monoisotopic (exact) mass is 226 g/mol. The molecule has 7 nitrogen and oxygen atoms in total. The molecular formula is C9H18N6O. The Morgan fingerprint density at radius 1 is 1.56 bits per heavy atom. The molecule has 1 amide bonds. The van der Waals surface area contributed by atoms with Crippen molar-refractivity contribution in [3.8, 4) is 0 Å². The number of nitrogens with one attached hydrogen (secondary N) is 2. The number of tetrazole rings is 1. The normalized spacial score (nSPS) is 12.8. The van der Waals surface area contributed by atoms with E-state index in [9.17, 15) is 4.79 Å². The molecular weight excluding hydrogens is 208 g/mol. The smallest absolute Gasteiger partial charge is 0.224 e. The van der Waals surface area contributed by atoms with Crippen LogP contribution in [0.2, 0.25) is 0 Å². The van der Waals surface area contributed by atoms with Gasteiger partial charge in [-0.15, -0.1) is 10.2 Å². The summed E-state index contributed by atoms with van der Waals surface area (Å²) in [7, 11) is 0. The first-order valence-electron chi connectivity index (χ1n) is 5.33. The molecule has 0 aliphatic rings. The molecule has 0 aliphatic heterocycles. The van der Waals surface area contributed by atoms with Crippen LogP contribution in [-0.2, 0) is 11.3 Å². The summed E-state index contributed by atoms with van der Waals surface area (Å²) >= 11 is 0. The molecule has 0 bridgehead atoms. The van der Waals surface area contributed by atoms with Gasteiger partial charge < -0.3 is 11.1 Å². The lowest BCUT2D eigenvalue weighted by atomic mass is 9.96. The Kier molecular flexibility index (Phi) is 4.84. The Balaban J connectivity index is 2.37. The second-order valence-electron chi connectivity index (χ2n) is 4.11. The maximum Gasteiger partial charge on any atom is 0.224 e. The van der Waals surface area contributed by atoms with E-state index in [2.05, 4.69) is 39.8 Å². The van der Waals surface area contributed by atoms with Crippen LogP contribution in [0.4, 0.5) is 0 Å². The number of carbonyl (C=O) groups is 1. The van der Waals surface area contributed by atoms with Crippen LogP contribution in [0.15, 0.2) is 0 Å². The van der Waals surface area contributed by atoms with Crippen molar-refractivity contribution in [1.29, 1.82) is 0 Å². The zero-order valence-corrected chi connectivity index (χ0v) is 9.60. The maximum atomic E-state index is 11.7. The summed E-state index contributed by atoms with van der Waals surface area (Å²) in [6, 6.07) is 0. The highest BCUT2D eigenvalue weighted by molar-refractivity contribution is 5.78. The average Bonchev–Trinajstić information content (AvgIpc) is 2.75. The molecule has 0 fully saturated rings. The summed E-state index contributed by atoms with van der Waals surface area (Å²) in [6.45, 7) is 4.77. The lowest BCUT2D eigenvalue weighted by Gasteiger charge is -2.15. The van der Waals surface area contributed by atoms with E-state index < -0.39 is 0 Å². The number of nitrogens with two attached hydrogens (primary N) is 1. The lowest BCUT2D eigenvalue weighted by molar-refractivity contribution is -0.125. The number of carbonyl (C=O) groups excluding carboxylic acids is 1. The SMILES string of the molecule is CC(C)CC(CN)C(=O)NCc1nn[nH]n1. The summed E-state index contributed by atoms with van der Waals surface area (Å²) in [5.74, 6) is 0.714. The van der Waals surface area contributed by atoms with Crippen molar-refractivity contribution in [3.63, 3.8) is 0 Å². The Bertz CT molecular complexity index is 310. The van der Waals surface area contributed by atoms with Gasteiger partial charge in [0.25, 0.3) is 0 Å². The van der Waals surface area contributed by atoms with E-state index in [0.29, 0.717) is 18.3 Å². The standard InChI is InChI=1S/C9H18N6O/c1-6(2)3-7(4-10)9(16)11-5-8-12-14-15-13-8/h6-7H,3-5,10H2,1-2H3,(H,11,16)(H,12,13,14,15). The molecule has 0 aromatic carbocycles.